The summed E-state index contributed by atoms with van der Waals surface area (Å²) in [5.74, 6) is 0.0763. The highest BCUT2D eigenvalue weighted by atomic mass is 16.3. The first kappa shape index (κ1) is 35.5. The second kappa shape index (κ2) is 18.6. The Morgan fingerprint density at radius 3 is 2.00 bits per heavy atom. The molecule has 37 heavy (non-hydrogen) atoms. The highest BCUT2D eigenvalue weighted by molar-refractivity contribution is 5.80. The van der Waals surface area contributed by atoms with E-state index in [0.29, 0.717) is 6.54 Å². The summed E-state index contributed by atoms with van der Waals surface area (Å²) in [6, 6.07) is 8.01. The van der Waals surface area contributed by atoms with Crippen LogP contribution in [0.25, 0.3) is 0 Å². The molecule has 0 amide bonds. The minimum atomic E-state index is -0.0279. The number of anilines is 1. The summed E-state index contributed by atoms with van der Waals surface area (Å²) in [6.07, 6.45) is 3.74. The number of nitrogens with two attached hydrogens (primary N) is 2. The van der Waals surface area contributed by atoms with Crippen LogP contribution in [0.1, 0.15) is 54.0 Å². The fourth-order valence-electron chi connectivity index (χ4n) is 2.34. The summed E-state index contributed by atoms with van der Waals surface area (Å²) in [6.45, 7) is 36.2. The Labute approximate surface area is 225 Å². The van der Waals surface area contributed by atoms with E-state index >= 15 is 0 Å². The predicted octanol–water partition coefficient (Wildman–Crippen LogP) is 8.06. The van der Waals surface area contributed by atoms with Gasteiger partial charge in [0.1, 0.15) is 5.76 Å². The maximum absolute atomic E-state index is 8.92. The maximum atomic E-state index is 8.92. The van der Waals surface area contributed by atoms with Crippen LogP contribution in [-0.2, 0) is 6.54 Å². The van der Waals surface area contributed by atoms with E-state index < -0.39 is 0 Å². The van der Waals surface area contributed by atoms with Gasteiger partial charge in [0.15, 0.2) is 0 Å². The van der Waals surface area contributed by atoms with Gasteiger partial charge in [0.25, 0.3) is 0 Å². The Morgan fingerprint density at radius 2 is 1.65 bits per heavy atom. The smallest absolute Gasteiger partial charge is 0.111 e. The number of aliphatic imine (C=N–C) groups is 1. The molecular formula is C32H48N4O. The van der Waals surface area contributed by atoms with Crippen molar-refractivity contribution in [1.29, 1.82) is 0 Å². The minimum absolute atomic E-state index is 0.0279. The van der Waals surface area contributed by atoms with Gasteiger partial charge < -0.3 is 21.9 Å². The van der Waals surface area contributed by atoms with Crippen molar-refractivity contribution in [1.82, 2.24) is 0 Å². The van der Waals surface area contributed by atoms with Crippen LogP contribution in [0.2, 0.25) is 0 Å². The van der Waals surface area contributed by atoms with Gasteiger partial charge >= 0.3 is 0 Å². The molecule has 202 valence electrons. The number of allylic oxidation sites excluding steroid dienone is 6. The number of rotatable bonds is 8. The van der Waals surface area contributed by atoms with Crippen molar-refractivity contribution in [2.45, 2.75) is 61.1 Å². The highest BCUT2D eigenvalue weighted by Gasteiger charge is 2.14. The Kier molecular flexibility index (Phi) is 17.8. The molecule has 1 aromatic carbocycles. The minimum Gasteiger partial charge on any atom is -0.508 e. The van der Waals surface area contributed by atoms with E-state index in [1.54, 1.807) is 13.0 Å². The number of hydrogen-bond donors (Lipinski definition) is 4. The van der Waals surface area contributed by atoms with Gasteiger partial charge in [-0.3, -0.25) is 4.99 Å². The maximum Gasteiger partial charge on any atom is 0.111 e. The van der Waals surface area contributed by atoms with Crippen molar-refractivity contribution in [2.75, 3.05) is 5.32 Å². The molecule has 1 aliphatic rings. The molecule has 2 rings (SSSR count). The van der Waals surface area contributed by atoms with Crippen molar-refractivity contribution in [3.63, 3.8) is 0 Å². The monoisotopic (exact) mass is 504 g/mol. The van der Waals surface area contributed by atoms with E-state index in [-0.39, 0.29) is 11.8 Å². The summed E-state index contributed by atoms with van der Waals surface area (Å²) >= 11 is 0. The number of hydrogen-bond acceptors (Lipinski definition) is 5. The third-order valence-corrected chi connectivity index (χ3v) is 4.76. The SMILES string of the molecule is C=C(C)C(=C)/C=C(\C)C(=C)O.C=C(N=C(C)C)C(C)N.C=C1C=C(Nc2cccc(CN)c2)C1=C.CC. The lowest BCUT2D eigenvalue weighted by atomic mass is 9.94. The van der Waals surface area contributed by atoms with Gasteiger partial charge in [-0.05, 0) is 86.8 Å². The largest absolute Gasteiger partial charge is 0.508 e. The Balaban J connectivity index is 0. The van der Waals surface area contributed by atoms with Crippen molar-refractivity contribution in [3.8, 4) is 0 Å². The molecule has 0 saturated carbocycles. The third-order valence-electron chi connectivity index (χ3n) is 4.76. The zero-order chi connectivity index (χ0) is 29.3. The van der Waals surface area contributed by atoms with E-state index in [4.69, 9.17) is 16.6 Å². The predicted molar refractivity (Wildman–Crippen MR) is 167 cm³/mol. The fraction of sp³-hybridized carbons (Fsp3) is 0.281. The van der Waals surface area contributed by atoms with Gasteiger partial charge in [-0.1, -0.05) is 71.0 Å². The average molecular weight is 505 g/mol. The topological polar surface area (TPSA) is 96.7 Å². The molecule has 0 spiro atoms. The van der Waals surface area contributed by atoms with E-state index in [0.717, 1.165) is 56.2 Å². The van der Waals surface area contributed by atoms with Gasteiger partial charge in [-0.25, -0.2) is 0 Å². The number of aliphatic hydroxyl groups excluding tert-OH is 1. The van der Waals surface area contributed by atoms with E-state index in [1.165, 1.54) is 0 Å². The molecule has 1 aromatic rings. The van der Waals surface area contributed by atoms with Crippen LogP contribution in [0.15, 0.2) is 126 Å². The summed E-state index contributed by atoms with van der Waals surface area (Å²) in [7, 11) is 0. The molecule has 6 N–H and O–H groups in total. The first-order valence-electron chi connectivity index (χ1n) is 12.2. The summed E-state index contributed by atoms with van der Waals surface area (Å²) in [5, 5.41) is 12.2. The van der Waals surface area contributed by atoms with Crippen molar-refractivity contribution in [2.24, 2.45) is 16.5 Å². The van der Waals surface area contributed by atoms with Gasteiger partial charge in [-0.15, -0.1) is 0 Å². The van der Waals surface area contributed by atoms with Gasteiger partial charge in [0.05, 0.1) is 0 Å². The van der Waals surface area contributed by atoms with Crippen LogP contribution in [0.4, 0.5) is 5.69 Å². The van der Waals surface area contributed by atoms with Gasteiger partial charge in [0, 0.05) is 35.4 Å². The van der Waals surface area contributed by atoms with Crippen molar-refractivity contribution >= 4 is 11.4 Å². The van der Waals surface area contributed by atoms with Crippen LogP contribution >= 0.6 is 0 Å². The first-order chi connectivity index (χ1) is 17.2. The van der Waals surface area contributed by atoms with Crippen LogP contribution in [0, 0.1) is 0 Å². The standard InChI is InChI=1S/C13H14N2.C10H14O.C7H14N2.C2H6/c1-9-6-13(10(9)2)15-12-5-3-4-11(7-12)8-14;1-7(2)8(3)6-9(4)10(5)11;1-5(2)9-7(4)6(3)8;1-2/h3-7,15H,1-2,8,14H2;6,11H,1,3,5H2,2,4H3;6H,4,8H2,1-3H3;1-2H3/b;9-6+;;. The lowest BCUT2D eigenvalue weighted by Gasteiger charge is -2.22. The molecule has 0 radical (unpaired) electrons. The number of benzene rings is 1. The molecular weight excluding hydrogens is 456 g/mol. The van der Waals surface area contributed by atoms with E-state index in [2.05, 4.69) is 49.8 Å². The molecule has 0 aromatic heterocycles. The van der Waals surface area contributed by atoms with Gasteiger partial charge in [0.2, 0.25) is 0 Å². The third kappa shape index (κ3) is 15.1. The molecule has 5 nitrogen and oxygen atoms in total. The highest BCUT2D eigenvalue weighted by Crippen LogP contribution is 2.30. The van der Waals surface area contributed by atoms with E-state index in [1.807, 2.05) is 71.9 Å². The Bertz CT molecular complexity index is 1080. The second-order valence-corrected chi connectivity index (χ2v) is 8.51. The average Bonchev–Trinajstić information content (AvgIpc) is 2.85. The van der Waals surface area contributed by atoms with E-state index in [9.17, 15) is 0 Å². The quantitative estimate of drug-likeness (QED) is 0.163. The summed E-state index contributed by atoms with van der Waals surface area (Å²) in [4.78, 5) is 4.07. The summed E-state index contributed by atoms with van der Waals surface area (Å²) < 4.78 is 0. The molecule has 1 atom stereocenters. The lowest BCUT2D eigenvalue weighted by molar-refractivity contribution is 0.426. The van der Waals surface area contributed by atoms with Crippen LogP contribution in [0.5, 0.6) is 0 Å². The zero-order valence-electron chi connectivity index (χ0n) is 24.0. The number of nitrogens with zero attached hydrogens (tertiary/aromatic N) is 1. The second-order valence-electron chi connectivity index (χ2n) is 8.51. The van der Waals surface area contributed by atoms with Crippen molar-refractivity contribution < 1.29 is 5.11 Å². The lowest BCUT2D eigenvalue weighted by Crippen LogP contribution is -2.16. The molecule has 0 aliphatic heterocycles. The first-order valence-corrected chi connectivity index (χ1v) is 12.2. The molecule has 1 aliphatic carbocycles. The number of nitrogens with one attached hydrogen (secondary N) is 1. The summed E-state index contributed by atoms with van der Waals surface area (Å²) in [5.41, 5.74) is 20.4. The molecule has 0 heterocycles. The molecule has 1 unspecified atom stereocenters. The molecule has 0 saturated heterocycles. The molecule has 0 bridgehead atoms. The zero-order valence-corrected chi connectivity index (χ0v) is 24.0. The normalized spacial score (nSPS) is 12.4. The fourth-order valence-corrected chi connectivity index (χ4v) is 2.34. The Morgan fingerprint density at radius 1 is 1.08 bits per heavy atom. The van der Waals surface area contributed by atoms with Gasteiger partial charge in [-0.2, -0.15) is 0 Å². The van der Waals surface area contributed by atoms with Crippen LogP contribution < -0.4 is 16.8 Å². The Hall–Kier alpha value is -3.67. The van der Waals surface area contributed by atoms with Crippen LogP contribution in [-0.4, -0.2) is 16.9 Å². The van der Waals surface area contributed by atoms with Crippen LogP contribution in [0.3, 0.4) is 0 Å². The molecule has 5 heteroatoms. The molecule has 0 fully saturated rings. The number of aliphatic hydroxyl groups is 1. The van der Waals surface area contributed by atoms with Crippen molar-refractivity contribution in [3.05, 3.63) is 126 Å².